The molecule has 2 aliphatic rings. The summed E-state index contributed by atoms with van der Waals surface area (Å²) < 4.78 is 13.8. The van der Waals surface area contributed by atoms with Crippen LogP contribution in [0.4, 0.5) is 0 Å². The molecule has 4 rings (SSSR count). The quantitative estimate of drug-likeness (QED) is 0.637. The standard InChI is InChI=1S/C20H20N2O3/c1-24-19-13-21-11-16-10-15(14-6-4-3-5-7-14)8-9-17(16)22(23)12-18(21)20(19)25-2/h3-9,12-13,16H,10-11H2,1-2H3/t16-/m0/s1. The second kappa shape index (κ2) is 6.16. The number of hydrogen-bond acceptors (Lipinski definition) is 3. The van der Waals surface area contributed by atoms with E-state index in [1.807, 2.05) is 35.0 Å². The van der Waals surface area contributed by atoms with Gasteiger partial charge in [-0.2, -0.15) is 4.74 Å². The van der Waals surface area contributed by atoms with Gasteiger partial charge in [0.2, 0.25) is 6.21 Å². The van der Waals surface area contributed by atoms with E-state index in [0.717, 1.165) is 22.6 Å². The van der Waals surface area contributed by atoms with Crippen LogP contribution in [0.1, 0.15) is 17.7 Å². The van der Waals surface area contributed by atoms with Gasteiger partial charge in [-0.1, -0.05) is 36.4 Å². The fourth-order valence-electron chi connectivity index (χ4n) is 3.62. The Hall–Kier alpha value is -2.95. The second-order valence-electron chi connectivity index (χ2n) is 6.27. The largest absolute Gasteiger partial charge is 0.618 e. The van der Waals surface area contributed by atoms with Gasteiger partial charge >= 0.3 is 0 Å². The molecule has 0 amide bonds. The first-order valence-corrected chi connectivity index (χ1v) is 8.29. The van der Waals surface area contributed by atoms with Crippen LogP contribution in [0.2, 0.25) is 0 Å². The lowest BCUT2D eigenvalue weighted by molar-refractivity contribution is -0.404. The molecule has 0 saturated heterocycles. The van der Waals surface area contributed by atoms with Crippen molar-refractivity contribution in [2.75, 3.05) is 14.2 Å². The Morgan fingerprint density at radius 2 is 1.92 bits per heavy atom. The van der Waals surface area contributed by atoms with Gasteiger partial charge in [-0.3, -0.25) is 0 Å². The molecule has 128 valence electrons. The van der Waals surface area contributed by atoms with Gasteiger partial charge in [0.15, 0.2) is 22.9 Å². The fourth-order valence-corrected chi connectivity index (χ4v) is 3.62. The molecule has 1 aromatic carbocycles. The first-order valence-electron chi connectivity index (χ1n) is 8.29. The second-order valence-corrected chi connectivity index (χ2v) is 6.27. The van der Waals surface area contributed by atoms with Crippen LogP contribution in [0.5, 0.6) is 11.5 Å². The predicted octanol–water partition coefficient (Wildman–Crippen LogP) is 3.44. The molecule has 25 heavy (non-hydrogen) atoms. The summed E-state index contributed by atoms with van der Waals surface area (Å²) in [7, 11) is 3.20. The molecule has 5 heteroatoms. The molecular weight excluding hydrogens is 316 g/mol. The summed E-state index contributed by atoms with van der Waals surface area (Å²) in [6.07, 6.45) is 8.30. The van der Waals surface area contributed by atoms with Crippen molar-refractivity contribution in [2.45, 2.75) is 13.0 Å². The Morgan fingerprint density at radius 3 is 2.64 bits per heavy atom. The molecule has 5 nitrogen and oxygen atoms in total. The Labute approximate surface area is 146 Å². The normalized spacial score (nSPS) is 19.0. The number of hydroxylamine groups is 1. The van der Waals surface area contributed by atoms with Crippen LogP contribution in [-0.4, -0.2) is 29.7 Å². The number of aromatic nitrogens is 1. The van der Waals surface area contributed by atoms with Crippen molar-refractivity contribution in [1.82, 2.24) is 4.57 Å². The summed E-state index contributed by atoms with van der Waals surface area (Å²) in [4.78, 5) is 0. The Morgan fingerprint density at radius 1 is 1.12 bits per heavy atom. The molecule has 0 spiro atoms. The highest BCUT2D eigenvalue weighted by molar-refractivity contribution is 5.81. The zero-order valence-corrected chi connectivity index (χ0v) is 14.3. The van der Waals surface area contributed by atoms with E-state index in [2.05, 4.69) is 18.2 Å². The monoisotopic (exact) mass is 336 g/mol. The Bertz CT molecular complexity index is 891. The highest BCUT2D eigenvalue weighted by Crippen LogP contribution is 2.38. The van der Waals surface area contributed by atoms with Crippen molar-refractivity contribution in [2.24, 2.45) is 5.92 Å². The molecular formula is C20H20N2O3. The van der Waals surface area contributed by atoms with E-state index in [0.29, 0.717) is 18.0 Å². The molecule has 0 N–H and O–H groups in total. The number of ether oxygens (including phenoxy) is 2. The number of hydrogen-bond donors (Lipinski definition) is 0. The highest BCUT2D eigenvalue weighted by atomic mass is 16.5. The van der Waals surface area contributed by atoms with E-state index in [9.17, 15) is 5.21 Å². The number of methoxy groups -OCH3 is 2. The maximum Gasteiger partial charge on any atom is 0.208 e. The molecule has 1 atom stereocenters. The molecule has 0 saturated carbocycles. The topological polar surface area (TPSA) is 49.5 Å². The predicted molar refractivity (Wildman–Crippen MR) is 96.9 cm³/mol. The minimum Gasteiger partial charge on any atom is -0.618 e. The van der Waals surface area contributed by atoms with Gasteiger partial charge in [0.05, 0.1) is 26.3 Å². The number of fused-ring (bicyclic) bond motifs is 2. The van der Waals surface area contributed by atoms with Crippen LogP contribution in [0.15, 0.2) is 54.4 Å². The first kappa shape index (κ1) is 15.6. The van der Waals surface area contributed by atoms with Gasteiger partial charge in [0, 0.05) is 12.6 Å². The summed E-state index contributed by atoms with van der Waals surface area (Å²) >= 11 is 0. The first-order chi connectivity index (χ1) is 12.2. The molecule has 1 aromatic heterocycles. The zero-order valence-electron chi connectivity index (χ0n) is 14.3. The molecule has 1 aliphatic heterocycles. The average molecular weight is 336 g/mol. The summed E-state index contributed by atoms with van der Waals surface area (Å²) in [5.41, 5.74) is 3.97. The van der Waals surface area contributed by atoms with Gasteiger partial charge in [-0.05, 0) is 17.6 Å². The van der Waals surface area contributed by atoms with Crippen LogP contribution in [0.25, 0.3) is 5.57 Å². The number of rotatable bonds is 3. The van der Waals surface area contributed by atoms with Gasteiger partial charge < -0.3 is 19.2 Å². The van der Waals surface area contributed by atoms with Crippen molar-refractivity contribution in [3.63, 3.8) is 0 Å². The molecule has 0 radical (unpaired) electrons. The van der Waals surface area contributed by atoms with Crippen molar-refractivity contribution in [1.29, 1.82) is 0 Å². The molecule has 1 aliphatic carbocycles. The third-order valence-corrected chi connectivity index (χ3v) is 4.86. The van der Waals surface area contributed by atoms with E-state index < -0.39 is 0 Å². The summed E-state index contributed by atoms with van der Waals surface area (Å²) in [5.74, 6) is 1.35. The molecule has 0 unspecified atom stereocenters. The van der Waals surface area contributed by atoms with E-state index in [-0.39, 0.29) is 5.92 Å². The lowest BCUT2D eigenvalue weighted by Gasteiger charge is -2.22. The van der Waals surface area contributed by atoms with E-state index >= 15 is 0 Å². The van der Waals surface area contributed by atoms with Crippen LogP contribution >= 0.6 is 0 Å². The summed E-state index contributed by atoms with van der Waals surface area (Å²) in [6.45, 7) is 0.709. The van der Waals surface area contributed by atoms with Crippen LogP contribution < -0.4 is 9.47 Å². The lowest BCUT2D eigenvalue weighted by Crippen LogP contribution is -2.18. The highest BCUT2D eigenvalue weighted by Gasteiger charge is 2.32. The summed E-state index contributed by atoms with van der Waals surface area (Å²) in [6, 6.07) is 10.3. The van der Waals surface area contributed by atoms with Crippen molar-refractivity contribution < 1.29 is 14.2 Å². The number of allylic oxidation sites excluding steroid dienone is 4. The third-order valence-electron chi connectivity index (χ3n) is 4.86. The third kappa shape index (κ3) is 2.61. The summed E-state index contributed by atoms with van der Waals surface area (Å²) in [5, 5.41) is 12.7. The van der Waals surface area contributed by atoms with Crippen LogP contribution in [0, 0.1) is 11.1 Å². The Kier molecular flexibility index (Phi) is 3.84. The van der Waals surface area contributed by atoms with E-state index in [1.54, 1.807) is 20.4 Å². The van der Waals surface area contributed by atoms with Crippen molar-refractivity contribution in [3.05, 3.63) is 70.8 Å². The fraction of sp³-hybridized carbons (Fsp3) is 0.250. The van der Waals surface area contributed by atoms with Crippen LogP contribution in [0.3, 0.4) is 0 Å². The number of benzene rings is 1. The zero-order chi connectivity index (χ0) is 17.4. The lowest BCUT2D eigenvalue weighted by atomic mass is 9.87. The maximum absolute atomic E-state index is 12.7. The molecule has 0 fully saturated rings. The molecule has 2 aromatic rings. The van der Waals surface area contributed by atoms with Gasteiger partial charge in [0.25, 0.3) is 0 Å². The van der Waals surface area contributed by atoms with Gasteiger partial charge in [-0.15, -0.1) is 0 Å². The van der Waals surface area contributed by atoms with E-state index in [4.69, 9.17) is 9.47 Å². The molecule has 2 heterocycles. The van der Waals surface area contributed by atoms with Gasteiger partial charge in [-0.25, -0.2) is 0 Å². The van der Waals surface area contributed by atoms with Crippen LogP contribution in [-0.2, 0) is 6.54 Å². The average Bonchev–Trinajstić information content (AvgIpc) is 2.91. The maximum atomic E-state index is 12.7. The smallest absolute Gasteiger partial charge is 0.208 e. The molecule has 0 bridgehead atoms. The van der Waals surface area contributed by atoms with Crippen molar-refractivity contribution >= 4 is 11.8 Å². The SMILES string of the molecule is COc1cn2c(c1OC)C=[N+]([O-])C1=CC=C(c3ccccc3)C[C@H]1C2. The van der Waals surface area contributed by atoms with E-state index in [1.165, 1.54) is 11.1 Å². The number of nitrogens with zero attached hydrogens (tertiary/aromatic N) is 2. The van der Waals surface area contributed by atoms with Crippen molar-refractivity contribution in [3.8, 4) is 11.5 Å². The Balaban J connectivity index is 1.75. The minimum absolute atomic E-state index is 0.108. The van der Waals surface area contributed by atoms with Gasteiger partial charge in [0.1, 0.15) is 0 Å². The minimum atomic E-state index is 0.108.